The van der Waals surface area contributed by atoms with Crippen molar-refractivity contribution in [1.82, 2.24) is 0 Å². The third kappa shape index (κ3) is 3.37. The summed E-state index contributed by atoms with van der Waals surface area (Å²) in [5.41, 5.74) is 15.1. The summed E-state index contributed by atoms with van der Waals surface area (Å²) in [6.45, 7) is 0. The predicted molar refractivity (Wildman–Crippen MR) is 193 cm³/mol. The fourth-order valence-electron chi connectivity index (χ4n) is 8.72. The Labute approximate surface area is 273 Å². The summed E-state index contributed by atoms with van der Waals surface area (Å²) in [4.78, 5) is 0. The van der Waals surface area contributed by atoms with Crippen LogP contribution in [-0.4, -0.2) is 0 Å². The first-order chi connectivity index (χ1) is 23.3. The van der Waals surface area contributed by atoms with Crippen molar-refractivity contribution < 1.29 is 0 Å². The highest BCUT2D eigenvalue weighted by molar-refractivity contribution is 6.21. The van der Waals surface area contributed by atoms with Gasteiger partial charge in [0, 0.05) is 0 Å². The number of fused-ring (bicyclic) bond motifs is 12. The van der Waals surface area contributed by atoms with E-state index in [4.69, 9.17) is 0 Å². The second-order valence-corrected chi connectivity index (χ2v) is 12.7. The Morgan fingerprint density at radius 2 is 0.809 bits per heavy atom. The molecule has 10 rings (SSSR count). The highest BCUT2D eigenvalue weighted by Gasteiger charge is 2.51. The summed E-state index contributed by atoms with van der Waals surface area (Å²) in [7, 11) is 0. The highest BCUT2D eigenvalue weighted by atomic mass is 14.5. The Kier molecular flexibility index (Phi) is 5.34. The van der Waals surface area contributed by atoms with Gasteiger partial charge in [-0.2, -0.15) is 5.26 Å². The summed E-state index contributed by atoms with van der Waals surface area (Å²) >= 11 is 0. The third-order valence-electron chi connectivity index (χ3n) is 10.5. The first-order valence-corrected chi connectivity index (χ1v) is 16.2. The lowest BCUT2D eigenvalue weighted by Gasteiger charge is -2.31. The molecule has 0 radical (unpaired) electrons. The zero-order chi connectivity index (χ0) is 31.1. The highest BCUT2D eigenvalue weighted by Crippen LogP contribution is 2.63. The first-order valence-electron chi connectivity index (χ1n) is 16.2. The van der Waals surface area contributed by atoms with Crippen LogP contribution in [0.5, 0.6) is 0 Å². The Morgan fingerprint density at radius 3 is 1.38 bits per heavy atom. The second kappa shape index (κ2) is 9.63. The Balaban J connectivity index is 1.34. The molecule has 2 aliphatic rings. The topological polar surface area (TPSA) is 23.8 Å². The van der Waals surface area contributed by atoms with Gasteiger partial charge in [0.15, 0.2) is 0 Å². The normalized spacial score (nSPS) is 13.3. The van der Waals surface area contributed by atoms with Crippen LogP contribution in [0, 0.1) is 11.3 Å². The number of benzene rings is 8. The van der Waals surface area contributed by atoms with Crippen LogP contribution in [-0.2, 0) is 5.41 Å². The van der Waals surface area contributed by atoms with Crippen molar-refractivity contribution in [3.8, 4) is 50.6 Å². The summed E-state index contributed by atoms with van der Waals surface area (Å²) in [6, 6.07) is 61.9. The standard InChI is InChI=1S/C46H27N/c47-28-29-22-24-34-35-25-23-31(27-43(35)46(42(34)26-29)40-20-10-8-14-32(40)33-15-9-11-21-41(33)46)45-38-18-6-4-16-36(38)44(30-12-2-1-3-13-30)37-17-5-7-19-39(37)45/h1-27H. The number of hydrogen-bond donors (Lipinski definition) is 0. The van der Waals surface area contributed by atoms with Crippen LogP contribution >= 0.6 is 0 Å². The van der Waals surface area contributed by atoms with Crippen molar-refractivity contribution in [3.63, 3.8) is 0 Å². The summed E-state index contributed by atoms with van der Waals surface area (Å²) in [5.74, 6) is 0. The van der Waals surface area contributed by atoms with Gasteiger partial charge in [0.2, 0.25) is 0 Å². The van der Waals surface area contributed by atoms with Gasteiger partial charge in [0.1, 0.15) is 0 Å². The lowest BCUT2D eigenvalue weighted by Crippen LogP contribution is -2.26. The summed E-state index contributed by atoms with van der Waals surface area (Å²) in [6.07, 6.45) is 0. The Morgan fingerprint density at radius 1 is 0.362 bits per heavy atom. The minimum atomic E-state index is -0.518. The van der Waals surface area contributed by atoms with Gasteiger partial charge in [0.05, 0.1) is 17.0 Å². The van der Waals surface area contributed by atoms with E-state index in [1.54, 1.807) is 0 Å². The van der Waals surface area contributed by atoms with Crippen molar-refractivity contribution in [3.05, 3.63) is 192 Å². The van der Waals surface area contributed by atoms with Crippen LogP contribution in [0.25, 0.3) is 66.1 Å². The maximum atomic E-state index is 10.1. The van der Waals surface area contributed by atoms with Crippen LogP contribution in [0.4, 0.5) is 0 Å². The molecule has 0 fully saturated rings. The van der Waals surface area contributed by atoms with E-state index < -0.39 is 5.41 Å². The van der Waals surface area contributed by atoms with Crippen molar-refractivity contribution in [2.75, 3.05) is 0 Å². The van der Waals surface area contributed by atoms with Crippen molar-refractivity contribution >= 4 is 21.5 Å². The quantitative estimate of drug-likeness (QED) is 0.183. The lowest BCUT2D eigenvalue weighted by molar-refractivity contribution is 0.793. The number of nitrogens with zero attached hydrogens (tertiary/aromatic N) is 1. The van der Waals surface area contributed by atoms with Gasteiger partial charge in [-0.15, -0.1) is 0 Å². The van der Waals surface area contributed by atoms with Gasteiger partial charge in [-0.3, -0.25) is 0 Å². The molecule has 1 nitrogen and oxygen atoms in total. The zero-order valence-electron chi connectivity index (χ0n) is 25.5. The molecule has 0 unspecified atom stereocenters. The minimum absolute atomic E-state index is 0.518. The zero-order valence-corrected chi connectivity index (χ0v) is 25.5. The average Bonchev–Trinajstić information content (AvgIpc) is 3.60. The van der Waals surface area contributed by atoms with E-state index in [1.807, 2.05) is 6.07 Å². The number of rotatable bonds is 2. The molecule has 1 spiro atoms. The fraction of sp³-hybridized carbons (Fsp3) is 0.0217. The Bertz CT molecular complexity index is 2530. The molecule has 0 bridgehead atoms. The lowest BCUT2D eigenvalue weighted by atomic mass is 9.70. The molecule has 0 heterocycles. The molecule has 8 aromatic carbocycles. The van der Waals surface area contributed by atoms with Gasteiger partial charge in [-0.05, 0) is 107 Å². The predicted octanol–water partition coefficient (Wildman–Crippen LogP) is 11.5. The van der Waals surface area contributed by atoms with Crippen LogP contribution < -0.4 is 0 Å². The molecular formula is C46H27N. The summed E-state index contributed by atoms with van der Waals surface area (Å²) < 4.78 is 0. The van der Waals surface area contributed by atoms with Gasteiger partial charge in [-0.25, -0.2) is 0 Å². The molecule has 0 saturated heterocycles. The molecule has 8 aromatic rings. The maximum absolute atomic E-state index is 10.1. The Hall–Kier alpha value is -6.23. The van der Waals surface area contributed by atoms with E-state index >= 15 is 0 Å². The van der Waals surface area contributed by atoms with E-state index in [-0.39, 0.29) is 0 Å². The SMILES string of the molecule is N#Cc1ccc2c(c1)C1(c3ccccc3-c3ccccc31)c1cc(-c3c4ccccc4c(-c4ccccc4)c4ccccc34)ccc1-2. The molecule has 47 heavy (non-hydrogen) atoms. The summed E-state index contributed by atoms with van der Waals surface area (Å²) in [5, 5.41) is 15.0. The van der Waals surface area contributed by atoms with E-state index in [0.717, 1.165) is 0 Å². The van der Waals surface area contributed by atoms with Gasteiger partial charge < -0.3 is 0 Å². The molecule has 216 valence electrons. The molecule has 0 N–H and O–H groups in total. The van der Waals surface area contributed by atoms with Crippen LogP contribution in [0.2, 0.25) is 0 Å². The molecule has 0 amide bonds. The van der Waals surface area contributed by atoms with E-state index in [2.05, 4.69) is 164 Å². The molecular weight excluding hydrogens is 567 g/mol. The minimum Gasteiger partial charge on any atom is -0.192 e. The van der Waals surface area contributed by atoms with Crippen LogP contribution in [0.15, 0.2) is 164 Å². The third-order valence-corrected chi connectivity index (χ3v) is 10.5. The van der Waals surface area contributed by atoms with Crippen molar-refractivity contribution in [1.29, 1.82) is 5.26 Å². The van der Waals surface area contributed by atoms with Crippen molar-refractivity contribution in [2.45, 2.75) is 5.41 Å². The largest absolute Gasteiger partial charge is 0.192 e. The fourth-order valence-corrected chi connectivity index (χ4v) is 8.72. The van der Waals surface area contributed by atoms with E-state index in [0.29, 0.717) is 5.56 Å². The molecule has 2 aliphatic carbocycles. The van der Waals surface area contributed by atoms with Gasteiger partial charge >= 0.3 is 0 Å². The molecule has 0 atom stereocenters. The molecule has 0 aromatic heterocycles. The van der Waals surface area contributed by atoms with Crippen LogP contribution in [0.3, 0.4) is 0 Å². The smallest absolute Gasteiger partial charge is 0.0991 e. The monoisotopic (exact) mass is 593 g/mol. The molecule has 0 saturated carbocycles. The number of hydrogen-bond acceptors (Lipinski definition) is 1. The molecule has 0 aliphatic heterocycles. The van der Waals surface area contributed by atoms with E-state index in [9.17, 15) is 5.26 Å². The molecule has 1 heteroatoms. The number of nitriles is 1. The first kappa shape index (κ1) is 26.0. The van der Waals surface area contributed by atoms with Crippen molar-refractivity contribution in [2.24, 2.45) is 0 Å². The van der Waals surface area contributed by atoms with Gasteiger partial charge in [-0.1, -0.05) is 146 Å². The van der Waals surface area contributed by atoms with Gasteiger partial charge in [0.25, 0.3) is 0 Å². The average molecular weight is 594 g/mol. The second-order valence-electron chi connectivity index (χ2n) is 12.7. The maximum Gasteiger partial charge on any atom is 0.0991 e. The van der Waals surface area contributed by atoms with Crippen LogP contribution in [0.1, 0.15) is 27.8 Å². The van der Waals surface area contributed by atoms with E-state index in [1.165, 1.54) is 88.3 Å².